The van der Waals surface area contributed by atoms with Gasteiger partial charge in [0.2, 0.25) is 5.91 Å². The molecule has 1 aliphatic heterocycles. The van der Waals surface area contributed by atoms with Gasteiger partial charge in [0.25, 0.3) is 11.6 Å². The molecule has 0 aromatic heterocycles. The average Bonchev–Trinajstić information content (AvgIpc) is 2.16. The van der Waals surface area contributed by atoms with E-state index in [1.165, 1.54) is 12.1 Å². The van der Waals surface area contributed by atoms with Gasteiger partial charge in [-0.1, -0.05) is 12.1 Å². The first-order valence-electron chi connectivity index (χ1n) is 4.20. The Labute approximate surface area is 84.0 Å². The van der Waals surface area contributed by atoms with Crippen molar-refractivity contribution in [3.8, 4) is 0 Å². The van der Waals surface area contributed by atoms with E-state index < -0.39 is 16.7 Å². The summed E-state index contributed by atoms with van der Waals surface area (Å²) in [4.78, 5) is 32.4. The van der Waals surface area contributed by atoms with Crippen LogP contribution in [0.15, 0.2) is 18.2 Å². The topological polar surface area (TPSA) is 89.3 Å². The lowest BCUT2D eigenvalue weighted by Crippen LogP contribution is -2.37. The Morgan fingerprint density at radius 3 is 2.73 bits per heavy atom. The van der Waals surface area contributed by atoms with Gasteiger partial charge in [0, 0.05) is 6.07 Å². The number of carbonyl (C=O) groups is 2. The van der Waals surface area contributed by atoms with Gasteiger partial charge in [-0.15, -0.1) is 0 Å². The molecule has 0 saturated carbocycles. The molecule has 1 heterocycles. The van der Waals surface area contributed by atoms with Crippen LogP contribution in [0.2, 0.25) is 0 Å². The molecule has 0 fully saturated rings. The van der Waals surface area contributed by atoms with Gasteiger partial charge < -0.3 is 0 Å². The second kappa shape index (κ2) is 3.16. The van der Waals surface area contributed by atoms with Crippen molar-refractivity contribution in [3.05, 3.63) is 39.4 Å². The highest BCUT2D eigenvalue weighted by atomic mass is 16.6. The predicted molar refractivity (Wildman–Crippen MR) is 49.3 cm³/mol. The minimum atomic E-state index is -0.700. The number of nitrogens with zero attached hydrogens (tertiary/aromatic N) is 1. The molecule has 6 heteroatoms. The first-order chi connectivity index (χ1) is 7.09. The fraction of sp³-hybridized carbons (Fsp3) is 0.111. The lowest BCUT2D eigenvalue weighted by Gasteiger charge is -2.14. The van der Waals surface area contributed by atoms with Gasteiger partial charge in [0.05, 0.1) is 11.3 Å². The molecule has 0 atom stereocenters. The van der Waals surface area contributed by atoms with Crippen LogP contribution in [-0.2, 0) is 11.2 Å². The number of carbonyl (C=O) groups excluding carboxylic acids is 2. The standard InChI is InChI=1S/C9H6N2O4/c12-7-4-5-2-1-3-6(11(14)15)8(5)9(13)10-7/h1-3H,4H2,(H,10,12,13). The van der Waals surface area contributed by atoms with E-state index in [1.807, 2.05) is 5.32 Å². The smallest absolute Gasteiger partial charge is 0.282 e. The van der Waals surface area contributed by atoms with Crippen LogP contribution in [0.25, 0.3) is 0 Å². The molecule has 0 radical (unpaired) electrons. The summed E-state index contributed by atoms with van der Waals surface area (Å²) in [6, 6.07) is 4.25. The summed E-state index contributed by atoms with van der Waals surface area (Å²) in [5.41, 5.74) is 0.123. The van der Waals surface area contributed by atoms with Crippen molar-refractivity contribution in [2.75, 3.05) is 0 Å². The zero-order valence-electron chi connectivity index (χ0n) is 7.52. The van der Waals surface area contributed by atoms with Crippen molar-refractivity contribution in [1.29, 1.82) is 0 Å². The maximum atomic E-state index is 11.4. The van der Waals surface area contributed by atoms with Crippen LogP contribution in [0.5, 0.6) is 0 Å². The van der Waals surface area contributed by atoms with Crippen molar-refractivity contribution in [2.45, 2.75) is 6.42 Å². The van der Waals surface area contributed by atoms with Crippen LogP contribution in [0.4, 0.5) is 5.69 Å². The highest BCUT2D eigenvalue weighted by Crippen LogP contribution is 2.24. The predicted octanol–water partition coefficient (Wildman–Crippen LogP) is 0.407. The molecule has 1 aromatic carbocycles. The second-order valence-corrected chi connectivity index (χ2v) is 3.12. The molecule has 0 spiro atoms. The van der Waals surface area contributed by atoms with E-state index in [9.17, 15) is 19.7 Å². The third-order valence-electron chi connectivity index (χ3n) is 2.16. The van der Waals surface area contributed by atoms with Crippen LogP contribution >= 0.6 is 0 Å². The third kappa shape index (κ3) is 1.45. The van der Waals surface area contributed by atoms with Crippen molar-refractivity contribution in [1.82, 2.24) is 5.32 Å². The number of nitro groups is 1. The molecule has 15 heavy (non-hydrogen) atoms. The molecule has 1 aliphatic rings. The van der Waals surface area contributed by atoms with Crippen LogP contribution in [0, 0.1) is 10.1 Å². The summed E-state index contributed by atoms with van der Waals surface area (Å²) >= 11 is 0. The van der Waals surface area contributed by atoms with Gasteiger partial charge in [0.1, 0.15) is 5.56 Å². The molecule has 2 amide bonds. The van der Waals surface area contributed by atoms with Gasteiger partial charge >= 0.3 is 0 Å². The number of amides is 2. The van der Waals surface area contributed by atoms with Crippen LogP contribution in [0.3, 0.4) is 0 Å². The Morgan fingerprint density at radius 1 is 1.33 bits per heavy atom. The number of nitrogens with one attached hydrogen (secondary N) is 1. The van der Waals surface area contributed by atoms with E-state index in [0.29, 0.717) is 5.56 Å². The third-order valence-corrected chi connectivity index (χ3v) is 2.16. The van der Waals surface area contributed by atoms with Gasteiger partial charge in [0.15, 0.2) is 0 Å². The van der Waals surface area contributed by atoms with Crippen LogP contribution < -0.4 is 5.32 Å². The Kier molecular flexibility index (Phi) is 1.96. The largest absolute Gasteiger partial charge is 0.292 e. The van der Waals surface area contributed by atoms with E-state index in [4.69, 9.17) is 0 Å². The molecule has 2 rings (SSSR count). The highest BCUT2D eigenvalue weighted by molar-refractivity contribution is 6.11. The summed E-state index contributed by atoms with van der Waals surface area (Å²) in [7, 11) is 0. The van der Waals surface area contributed by atoms with Gasteiger partial charge in [-0.25, -0.2) is 0 Å². The monoisotopic (exact) mass is 206 g/mol. The second-order valence-electron chi connectivity index (χ2n) is 3.12. The van der Waals surface area contributed by atoms with Crippen molar-refractivity contribution in [3.63, 3.8) is 0 Å². The Bertz CT molecular complexity index is 481. The first kappa shape index (κ1) is 9.32. The van der Waals surface area contributed by atoms with Crippen LogP contribution in [0.1, 0.15) is 15.9 Å². The Hall–Kier alpha value is -2.24. The molecular formula is C9H6N2O4. The summed E-state index contributed by atoms with van der Waals surface area (Å²) in [5, 5.41) is 12.7. The zero-order valence-corrected chi connectivity index (χ0v) is 7.52. The number of imide groups is 1. The maximum Gasteiger partial charge on any atom is 0.282 e. The van der Waals surface area contributed by atoms with Crippen molar-refractivity contribution < 1.29 is 14.5 Å². The lowest BCUT2D eigenvalue weighted by molar-refractivity contribution is -0.385. The summed E-state index contributed by atoms with van der Waals surface area (Å²) in [6.45, 7) is 0. The number of nitro benzene ring substituents is 1. The van der Waals surface area contributed by atoms with Gasteiger partial charge in [-0.2, -0.15) is 0 Å². The molecule has 1 N–H and O–H groups in total. The molecule has 0 unspecified atom stereocenters. The molecule has 0 saturated heterocycles. The number of rotatable bonds is 1. The van der Waals surface area contributed by atoms with E-state index in [2.05, 4.69) is 0 Å². The van der Waals surface area contributed by atoms with Gasteiger partial charge in [-0.3, -0.25) is 25.0 Å². The average molecular weight is 206 g/mol. The van der Waals surface area contributed by atoms with E-state index in [0.717, 1.165) is 0 Å². The SMILES string of the molecule is O=C1Cc2cccc([N+](=O)[O-])c2C(=O)N1. The normalized spacial score (nSPS) is 14.4. The molecule has 76 valence electrons. The van der Waals surface area contributed by atoms with Crippen molar-refractivity contribution in [2.24, 2.45) is 0 Å². The number of hydrogen-bond acceptors (Lipinski definition) is 4. The van der Waals surface area contributed by atoms with Crippen LogP contribution in [-0.4, -0.2) is 16.7 Å². The number of fused-ring (bicyclic) bond motifs is 1. The van der Waals surface area contributed by atoms with E-state index >= 15 is 0 Å². The first-order valence-corrected chi connectivity index (χ1v) is 4.20. The molecule has 1 aromatic rings. The summed E-state index contributed by atoms with van der Waals surface area (Å²) in [5.74, 6) is -1.14. The number of benzene rings is 1. The molecular weight excluding hydrogens is 200 g/mol. The minimum Gasteiger partial charge on any atom is -0.292 e. The number of hydrogen-bond donors (Lipinski definition) is 1. The fourth-order valence-corrected chi connectivity index (χ4v) is 1.55. The summed E-state index contributed by atoms with van der Waals surface area (Å²) in [6.07, 6.45) is 0.00273. The molecule has 0 aliphatic carbocycles. The van der Waals surface area contributed by atoms with Crippen molar-refractivity contribution >= 4 is 17.5 Å². The molecule has 6 nitrogen and oxygen atoms in total. The summed E-state index contributed by atoms with van der Waals surface area (Å²) < 4.78 is 0. The minimum absolute atomic E-state index is 0.00273. The van der Waals surface area contributed by atoms with E-state index in [-0.39, 0.29) is 17.7 Å². The maximum absolute atomic E-state index is 11.4. The fourth-order valence-electron chi connectivity index (χ4n) is 1.55. The Balaban J connectivity index is 2.64. The quantitative estimate of drug-likeness (QED) is 0.409. The Morgan fingerprint density at radius 2 is 2.07 bits per heavy atom. The van der Waals surface area contributed by atoms with E-state index in [1.54, 1.807) is 6.07 Å². The lowest BCUT2D eigenvalue weighted by atomic mass is 9.98. The highest BCUT2D eigenvalue weighted by Gasteiger charge is 2.29. The van der Waals surface area contributed by atoms with Gasteiger partial charge in [-0.05, 0) is 5.56 Å². The zero-order chi connectivity index (χ0) is 11.0. The molecule has 0 bridgehead atoms.